The van der Waals surface area contributed by atoms with E-state index in [-0.39, 0.29) is 11.9 Å². The maximum atomic E-state index is 12.6. The molecular formula is C21H18ClNO. The summed E-state index contributed by atoms with van der Waals surface area (Å²) in [5.41, 5.74) is 2.74. The fourth-order valence-electron chi connectivity index (χ4n) is 2.67. The van der Waals surface area contributed by atoms with Crippen molar-refractivity contribution < 1.29 is 4.79 Å². The molecule has 0 aromatic heterocycles. The zero-order valence-electron chi connectivity index (χ0n) is 13.2. The lowest BCUT2D eigenvalue weighted by molar-refractivity contribution is 0.0936. The van der Waals surface area contributed by atoms with Crippen molar-refractivity contribution in [3.63, 3.8) is 0 Å². The zero-order valence-corrected chi connectivity index (χ0v) is 13.9. The second-order valence-electron chi connectivity index (χ2n) is 5.61. The van der Waals surface area contributed by atoms with Crippen LogP contribution in [0.15, 0.2) is 84.9 Å². The van der Waals surface area contributed by atoms with E-state index in [4.69, 9.17) is 11.6 Å². The minimum atomic E-state index is -0.162. The van der Waals surface area contributed by atoms with Crippen LogP contribution in [0.2, 0.25) is 5.02 Å². The summed E-state index contributed by atoms with van der Waals surface area (Å²) in [6.07, 6.45) is 0.723. The highest BCUT2D eigenvalue weighted by atomic mass is 35.5. The number of benzene rings is 3. The smallest absolute Gasteiger partial charge is 0.253 e. The number of halogens is 1. The van der Waals surface area contributed by atoms with Gasteiger partial charge in [-0.2, -0.15) is 0 Å². The summed E-state index contributed by atoms with van der Waals surface area (Å²) < 4.78 is 0. The molecule has 0 saturated carbocycles. The number of rotatable bonds is 5. The van der Waals surface area contributed by atoms with E-state index in [0.29, 0.717) is 10.6 Å². The molecule has 0 heterocycles. The normalized spacial score (nSPS) is 11.7. The third kappa shape index (κ3) is 4.03. The predicted octanol–water partition coefficient (Wildman–Crippen LogP) is 5.05. The van der Waals surface area contributed by atoms with Crippen LogP contribution in [0, 0.1) is 0 Å². The van der Waals surface area contributed by atoms with Gasteiger partial charge in [0.15, 0.2) is 0 Å². The van der Waals surface area contributed by atoms with Gasteiger partial charge in [-0.05, 0) is 29.7 Å². The predicted molar refractivity (Wildman–Crippen MR) is 98.2 cm³/mol. The van der Waals surface area contributed by atoms with Gasteiger partial charge in [-0.1, -0.05) is 84.4 Å². The Hall–Kier alpha value is -2.58. The van der Waals surface area contributed by atoms with E-state index in [1.54, 1.807) is 12.1 Å². The van der Waals surface area contributed by atoms with Crippen molar-refractivity contribution in [1.29, 1.82) is 0 Å². The molecule has 24 heavy (non-hydrogen) atoms. The van der Waals surface area contributed by atoms with Gasteiger partial charge in [0.2, 0.25) is 0 Å². The Kier molecular flexibility index (Phi) is 5.29. The van der Waals surface area contributed by atoms with Crippen molar-refractivity contribution >= 4 is 17.5 Å². The third-order valence-corrected chi connectivity index (χ3v) is 4.24. The molecule has 2 nitrogen and oxygen atoms in total. The van der Waals surface area contributed by atoms with Crippen LogP contribution >= 0.6 is 11.6 Å². The molecule has 0 saturated heterocycles. The first kappa shape index (κ1) is 16.3. The van der Waals surface area contributed by atoms with Gasteiger partial charge in [-0.3, -0.25) is 4.79 Å². The number of carbonyl (C=O) groups excluding carboxylic acids is 1. The summed E-state index contributed by atoms with van der Waals surface area (Å²) in [5.74, 6) is -0.162. The lowest BCUT2D eigenvalue weighted by Gasteiger charge is -2.20. The number of carbonyl (C=O) groups is 1. The first-order valence-corrected chi connectivity index (χ1v) is 8.26. The highest BCUT2D eigenvalue weighted by Gasteiger charge is 2.17. The Morgan fingerprint density at radius 2 is 1.42 bits per heavy atom. The van der Waals surface area contributed by atoms with Gasteiger partial charge in [0.1, 0.15) is 0 Å². The molecule has 0 aliphatic rings. The number of nitrogens with one attached hydrogen (secondary N) is 1. The summed E-state index contributed by atoms with van der Waals surface area (Å²) in [5, 5.41) is 3.58. The van der Waals surface area contributed by atoms with Gasteiger partial charge in [-0.25, -0.2) is 0 Å². The molecule has 0 unspecified atom stereocenters. The Morgan fingerprint density at radius 3 is 2.08 bits per heavy atom. The summed E-state index contributed by atoms with van der Waals surface area (Å²) in [7, 11) is 0. The molecule has 3 rings (SSSR count). The molecule has 3 heteroatoms. The number of hydrogen-bond acceptors (Lipinski definition) is 1. The molecule has 0 aliphatic heterocycles. The summed E-state index contributed by atoms with van der Waals surface area (Å²) in [4.78, 5) is 12.6. The van der Waals surface area contributed by atoms with Crippen LogP contribution in [0.5, 0.6) is 0 Å². The van der Waals surface area contributed by atoms with E-state index in [2.05, 4.69) is 17.4 Å². The molecule has 0 fully saturated rings. The summed E-state index contributed by atoms with van der Waals surface area (Å²) >= 11 is 6.15. The highest BCUT2D eigenvalue weighted by Crippen LogP contribution is 2.21. The van der Waals surface area contributed by atoms with Crippen LogP contribution in [0.4, 0.5) is 0 Å². The van der Waals surface area contributed by atoms with E-state index < -0.39 is 0 Å². The van der Waals surface area contributed by atoms with Crippen LogP contribution < -0.4 is 5.32 Å². The quantitative estimate of drug-likeness (QED) is 0.694. The Morgan fingerprint density at radius 1 is 0.833 bits per heavy atom. The first-order valence-electron chi connectivity index (χ1n) is 7.88. The van der Waals surface area contributed by atoms with E-state index >= 15 is 0 Å². The van der Waals surface area contributed by atoms with E-state index in [9.17, 15) is 4.79 Å². The summed E-state index contributed by atoms with van der Waals surface area (Å²) in [6.45, 7) is 0. The van der Waals surface area contributed by atoms with Gasteiger partial charge in [0.25, 0.3) is 5.91 Å². The van der Waals surface area contributed by atoms with Crippen LogP contribution in [-0.4, -0.2) is 5.91 Å². The van der Waals surface area contributed by atoms with Crippen molar-refractivity contribution in [2.24, 2.45) is 0 Å². The summed E-state index contributed by atoms with van der Waals surface area (Å²) in [6, 6.07) is 27.1. The van der Waals surface area contributed by atoms with Gasteiger partial charge in [0, 0.05) is 0 Å². The molecule has 0 spiro atoms. The molecule has 0 aliphatic carbocycles. The second-order valence-corrected chi connectivity index (χ2v) is 6.01. The molecule has 120 valence electrons. The number of hydrogen-bond donors (Lipinski definition) is 1. The van der Waals surface area contributed by atoms with E-state index in [0.717, 1.165) is 12.0 Å². The van der Waals surface area contributed by atoms with Crippen molar-refractivity contribution in [3.05, 3.63) is 107 Å². The van der Waals surface area contributed by atoms with Crippen molar-refractivity contribution in [2.75, 3.05) is 0 Å². The highest BCUT2D eigenvalue weighted by molar-refractivity contribution is 6.33. The van der Waals surface area contributed by atoms with E-state index in [1.807, 2.05) is 60.7 Å². The van der Waals surface area contributed by atoms with Crippen LogP contribution in [0.25, 0.3) is 0 Å². The molecule has 0 bridgehead atoms. The SMILES string of the molecule is O=C(N[C@H](Cc1ccccc1)c1ccccc1)c1ccccc1Cl. The Labute approximate surface area is 147 Å². The second kappa shape index (κ2) is 7.80. The first-order chi connectivity index (χ1) is 11.7. The minimum absolute atomic E-state index is 0.114. The Bertz CT molecular complexity index is 802. The third-order valence-electron chi connectivity index (χ3n) is 3.91. The van der Waals surface area contributed by atoms with Crippen LogP contribution in [-0.2, 0) is 6.42 Å². The molecule has 0 radical (unpaired) electrons. The van der Waals surface area contributed by atoms with Gasteiger partial charge in [0.05, 0.1) is 16.6 Å². The Balaban J connectivity index is 1.85. The average molecular weight is 336 g/mol. The van der Waals surface area contributed by atoms with Gasteiger partial charge >= 0.3 is 0 Å². The maximum absolute atomic E-state index is 12.6. The minimum Gasteiger partial charge on any atom is -0.345 e. The maximum Gasteiger partial charge on any atom is 0.253 e. The van der Waals surface area contributed by atoms with Gasteiger partial charge in [-0.15, -0.1) is 0 Å². The van der Waals surface area contributed by atoms with Crippen LogP contribution in [0.1, 0.15) is 27.5 Å². The molecular weight excluding hydrogens is 318 g/mol. The van der Waals surface area contributed by atoms with Crippen molar-refractivity contribution in [1.82, 2.24) is 5.32 Å². The average Bonchev–Trinajstić information content (AvgIpc) is 2.63. The van der Waals surface area contributed by atoms with Crippen LogP contribution in [0.3, 0.4) is 0 Å². The fraction of sp³-hybridized carbons (Fsp3) is 0.0952. The largest absolute Gasteiger partial charge is 0.345 e. The standard InChI is InChI=1S/C21H18ClNO/c22-19-14-8-7-13-18(19)21(24)23-20(17-11-5-2-6-12-17)15-16-9-3-1-4-10-16/h1-14,20H,15H2,(H,23,24)/t20-/m1/s1. The molecule has 1 amide bonds. The molecule has 3 aromatic rings. The van der Waals surface area contributed by atoms with Crippen molar-refractivity contribution in [3.8, 4) is 0 Å². The van der Waals surface area contributed by atoms with Crippen molar-refractivity contribution in [2.45, 2.75) is 12.5 Å². The molecule has 1 N–H and O–H groups in total. The number of amides is 1. The fourth-order valence-corrected chi connectivity index (χ4v) is 2.89. The monoisotopic (exact) mass is 335 g/mol. The molecule has 1 atom stereocenters. The van der Waals surface area contributed by atoms with Gasteiger partial charge < -0.3 is 5.32 Å². The topological polar surface area (TPSA) is 29.1 Å². The lowest BCUT2D eigenvalue weighted by Crippen LogP contribution is -2.30. The molecule has 3 aromatic carbocycles. The van der Waals surface area contributed by atoms with E-state index in [1.165, 1.54) is 5.56 Å². The lowest BCUT2D eigenvalue weighted by atomic mass is 9.98. The zero-order chi connectivity index (χ0) is 16.8.